The van der Waals surface area contributed by atoms with Gasteiger partial charge in [-0.05, 0) is 91.4 Å². The van der Waals surface area contributed by atoms with Crippen LogP contribution < -0.4 is 14.4 Å². The van der Waals surface area contributed by atoms with Gasteiger partial charge in [-0.15, -0.1) is 0 Å². The van der Waals surface area contributed by atoms with Crippen LogP contribution in [0.25, 0.3) is 11.3 Å². The van der Waals surface area contributed by atoms with E-state index >= 15 is 4.79 Å². The van der Waals surface area contributed by atoms with Crippen LogP contribution in [0.2, 0.25) is 0 Å². The van der Waals surface area contributed by atoms with Crippen molar-refractivity contribution in [2.45, 2.75) is 44.8 Å². The highest BCUT2D eigenvalue weighted by Crippen LogP contribution is 2.43. The molecule has 270 valence electrons. The fraction of sp³-hybridized carbons (Fsp3) is 0.302. The molecule has 4 aromatic carbocycles. The Bertz CT molecular complexity index is 2160. The molecular formula is C43H42N4O6. The molecule has 5 heterocycles. The summed E-state index contributed by atoms with van der Waals surface area (Å²) in [6, 6.07) is 30.4. The third-order valence-electron chi connectivity index (χ3n) is 11.0. The number of phenolic OH excluding ortho intramolecular Hbond substituents is 1. The molecule has 1 fully saturated rings. The van der Waals surface area contributed by atoms with Crippen LogP contribution in [0.5, 0.6) is 17.2 Å². The summed E-state index contributed by atoms with van der Waals surface area (Å²) in [6.45, 7) is 5.14. The number of anilines is 2. The number of aromatic hydroxyl groups is 1. The molecule has 1 saturated heterocycles. The lowest BCUT2D eigenvalue weighted by atomic mass is 9.92. The van der Waals surface area contributed by atoms with E-state index in [0.717, 1.165) is 80.1 Å². The van der Waals surface area contributed by atoms with Crippen LogP contribution in [0.4, 0.5) is 11.4 Å². The number of para-hydroxylation sites is 1. The van der Waals surface area contributed by atoms with Gasteiger partial charge in [0, 0.05) is 67.1 Å². The first kappa shape index (κ1) is 33.3. The Morgan fingerprint density at radius 2 is 1.49 bits per heavy atom. The first-order valence-corrected chi connectivity index (χ1v) is 18.5. The number of rotatable bonds is 7. The van der Waals surface area contributed by atoms with Crippen molar-refractivity contribution >= 4 is 23.2 Å². The van der Waals surface area contributed by atoms with Gasteiger partial charge in [0.2, 0.25) is 6.79 Å². The molecule has 2 amide bonds. The van der Waals surface area contributed by atoms with E-state index in [1.165, 1.54) is 5.56 Å². The normalized spacial score (nSPS) is 18.0. The molecule has 10 nitrogen and oxygen atoms in total. The largest absolute Gasteiger partial charge is 0.508 e. The average molecular weight is 711 g/mol. The Morgan fingerprint density at radius 3 is 2.28 bits per heavy atom. The number of nitrogens with zero attached hydrogens (tertiary/aromatic N) is 4. The Balaban J connectivity index is 1.15. The standard InChI is InChI=1S/C43H42N4O6/c48-34-15-13-32(14-16-34)47(31-10-2-1-3-11-31)43(50)37-23-39(45-17-7-6-12-38(37)45)35-24-40-41(53-28-52-40)25-36(35)42(49)46-26-30-9-5-4-8-29(30)22-33(46)27-44-18-20-51-21-19-44/h1-5,8-11,13-16,23-25,33,48H,6-7,12,17-22,26-28H2. The summed E-state index contributed by atoms with van der Waals surface area (Å²) >= 11 is 0. The predicted molar refractivity (Wildman–Crippen MR) is 201 cm³/mol. The number of amides is 2. The second kappa shape index (κ2) is 14.1. The van der Waals surface area contributed by atoms with Gasteiger partial charge in [-0.1, -0.05) is 42.5 Å². The molecule has 0 bridgehead atoms. The van der Waals surface area contributed by atoms with Gasteiger partial charge in [-0.3, -0.25) is 19.4 Å². The van der Waals surface area contributed by atoms with Crippen molar-refractivity contribution in [3.63, 3.8) is 0 Å². The van der Waals surface area contributed by atoms with Crippen LogP contribution in [0, 0.1) is 0 Å². The maximum absolute atomic E-state index is 15.2. The number of phenols is 1. The van der Waals surface area contributed by atoms with E-state index in [1.54, 1.807) is 29.2 Å². The van der Waals surface area contributed by atoms with E-state index in [0.29, 0.717) is 48.1 Å². The van der Waals surface area contributed by atoms with Crippen LogP contribution in [-0.4, -0.2) is 77.0 Å². The molecule has 1 aromatic heterocycles. The van der Waals surface area contributed by atoms with Crippen molar-refractivity contribution in [2.24, 2.45) is 0 Å². The van der Waals surface area contributed by atoms with Crippen LogP contribution in [0.3, 0.4) is 0 Å². The van der Waals surface area contributed by atoms with Gasteiger partial charge in [-0.25, -0.2) is 0 Å². The third kappa shape index (κ3) is 6.32. The molecule has 9 rings (SSSR count). The van der Waals surface area contributed by atoms with Crippen molar-refractivity contribution in [1.82, 2.24) is 14.4 Å². The monoisotopic (exact) mass is 710 g/mol. The zero-order valence-corrected chi connectivity index (χ0v) is 29.6. The summed E-state index contributed by atoms with van der Waals surface area (Å²) in [6.07, 6.45) is 3.42. The van der Waals surface area contributed by atoms with Gasteiger partial charge < -0.3 is 28.8 Å². The lowest BCUT2D eigenvalue weighted by molar-refractivity contribution is 0.0193. The molecule has 4 aliphatic heterocycles. The zero-order chi connectivity index (χ0) is 35.9. The minimum atomic E-state index is -0.175. The molecule has 0 saturated carbocycles. The van der Waals surface area contributed by atoms with Gasteiger partial charge >= 0.3 is 0 Å². The van der Waals surface area contributed by atoms with Gasteiger partial charge in [0.15, 0.2) is 11.5 Å². The smallest absolute Gasteiger partial charge is 0.264 e. The van der Waals surface area contributed by atoms with Crippen molar-refractivity contribution in [1.29, 1.82) is 0 Å². The Kier molecular flexibility index (Phi) is 8.85. The number of ether oxygens (including phenoxy) is 3. The topological polar surface area (TPSA) is 96.7 Å². The molecule has 1 atom stereocenters. The van der Waals surface area contributed by atoms with E-state index < -0.39 is 0 Å². The fourth-order valence-electron chi connectivity index (χ4n) is 8.32. The summed E-state index contributed by atoms with van der Waals surface area (Å²) in [7, 11) is 0. The predicted octanol–water partition coefficient (Wildman–Crippen LogP) is 6.80. The number of aromatic nitrogens is 1. The molecule has 1 N–H and O–H groups in total. The molecule has 4 aliphatic rings. The Morgan fingerprint density at radius 1 is 0.774 bits per heavy atom. The van der Waals surface area contributed by atoms with E-state index in [9.17, 15) is 9.90 Å². The van der Waals surface area contributed by atoms with E-state index in [4.69, 9.17) is 14.2 Å². The SMILES string of the molecule is O=C(c1cc(-c2cc3c(cc2C(=O)N2Cc4ccccc4CC2CN2CCOCC2)OCO3)n2c1CCCC2)N(c1ccccc1)c1ccc(O)cc1. The molecule has 5 aromatic rings. The maximum atomic E-state index is 15.2. The maximum Gasteiger partial charge on any atom is 0.264 e. The van der Waals surface area contributed by atoms with E-state index in [-0.39, 0.29) is 30.4 Å². The third-order valence-corrected chi connectivity index (χ3v) is 11.0. The number of benzene rings is 4. The lowest BCUT2D eigenvalue weighted by Crippen LogP contribution is -2.52. The minimum absolute atomic E-state index is 0.0307. The zero-order valence-electron chi connectivity index (χ0n) is 29.6. The summed E-state index contributed by atoms with van der Waals surface area (Å²) < 4.78 is 19.6. The number of morpholine rings is 1. The van der Waals surface area contributed by atoms with Crippen LogP contribution in [0.1, 0.15) is 50.4 Å². The number of carbonyl (C=O) groups excluding carboxylic acids is 2. The van der Waals surface area contributed by atoms with E-state index in [2.05, 4.69) is 27.7 Å². The number of fused-ring (bicyclic) bond motifs is 3. The number of carbonyl (C=O) groups is 2. The van der Waals surface area contributed by atoms with Crippen LogP contribution in [0.15, 0.2) is 97.1 Å². The highest BCUT2D eigenvalue weighted by molar-refractivity contribution is 6.12. The minimum Gasteiger partial charge on any atom is -0.508 e. The number of hydrogen-bond acceptors (Lipinski definition) is 7. The average Bonchev–Trinajstić information content (AvgIpc) is 3.83. The molecular weight excluding hydrogens is 668 g/mol. The fourth-order valence-corrected chi connectivity index (χ4v) is 8.32. The van der Waals surface area contributed by atoms with Crippen molar-refractivity contribution in [3.8, 4) is 28.5 Å². The summed E-state index contributed by atoms with van der Waals surface area (Å²) in [5.41, 5.74) is 7.40. The lowest BCUT2D eigenvalue weighted by Gasteiger charge is -2.40. The number of hydrogen-bond donors (Lipinski definition) is 1. The summed E-state index contributed by atoms with van der Waals surface area (Å²) in [4.78, 5) is 36.1. The van der Waals surface area contributed by atoms with Gasteiger partial charge in [0.25, 0.3) is 11.8 Å². The summed E-state index contributed by atoms with van der Waals surface area (Å²) in [5, 5.41) is 10.1. The second-order valence-electron chi connectivity index (χ2n) is 14.2. The Hall–Kier alpha value is -5.58. The first-order valence-electron chi connectivity index (χ1n) is 18.5. The molecule has 0 radical (unpaired) electrons. The van der Waals surface area contributed by atoms with Gasteiger partial charge in [0.05, 0.1) is 24.3 Å². The van der Waals surface area contributed by atoms with Crippen LogP contribution >= 0.6 is 0 Å². The van der Waals surface area contributed by atoms with E-state index in [1.807, 2.05) is 59.5 Å². The first-order chi connectivity index (χ1) is 26.0. The van der Waals surface area contributed by atoms with Crippen molar-refractivity contribution in [3.05, 3.63) is 125 Å². The highest BCUT2D eigenvalue weighted by atomic mass is 16.7. The summed E-state index contributed by atoms with van der Waals surface area (Å²) in [5.74, 6) is 1.01. The Labute approximate surface area is 308 Å². The van der Waals surface area contributed by atoms with Crippen molar-refractivity contribution in [2.75, 3.05) is 44.5 Å². The molecule has 0 aliphatic carbocycles. The molecule has 10 heteroatoms. The second-order valence-corrected chi connectivity index (χ2v) is 14.2. The molecule has 1 unspecified atom stereocenters. The highest BCUT2D eigenvalue weighted by Gasteiger charge is 2.36. The van der Waals surface area contributed by atoms with Gasteiger partial charge in [-0.2, -0.15) is 0 Å². The molecule has 0 spiro atoms. The molecule has 53 heavy (non-hydrogen) atoms. The van der Waals surface area contributed by atoms with Crippen LogP contribution in [-0.2, 0) is 30.7 Å². The quantitative estimate of drug-likeness (QED) is 0.199. The van der Waals surface area contributed by atoms with Gasteiger partial charge in [0.1, 0.15) is 5.75 Å². The van der Waals surface area contributed by atoms with Crippen molar-refractivity contribution < 1.29 is 28.9 Å².